The SMILES string of the molecule is CC(C)c1cc(/C=N/OCc2ccc(F)cc2)c(/C=C/C(O)CC(O)CC(=O)O)c(C(C)C)n1. The molecule has 2 atom stereocenters. The summed E-state index contributed by atoms with van der Waals surface area (Å²) in [6.07, 6.45) is 2.10. The average molecular weight is 473 g/mol. The molecule has 2 rings (SSSR count). The fourth-order valence-corrected chi connectivity index (χ4v) is 3.28. The molecule has 0 saturated carbocycles. The molecule has 1 aromatic carbocycles. The highest BCUT2D eigenvalue weighted by Gasteiger charge is 2.16. The maximum absolute atomic E-state index is 13.1. The number of pyridine rings is 1. The lowest BCUT2D eigenvalue weighted by atomic mass is 9.95. The zero-order valence-corrected chi connectivity index (χ0v) is 20.0. The molecule has 0 aliphatic carbocycles. The Morgan fingerprint density at radius 2 is 1.82 bits per heavy atom. The first-order valence-corrected chi connectivity index (χ1v) is 11.3. The van der Waals surface area contributed by atoms with Crippen molar-refractivity contribution in [3.63, 3.8) is 0 Å². The summed E-state index contributed by atoms with van der Waals surface area (Å²) >= 11 is 0. The van der Waals surface area contributed by atoms with E-state index in [0.717, 1.165) is 28.1 Å². The molecule has 0 fully saturated rings. The van der Waals surface area contributed by atoms with Gasteiger partial charge in [0.1, 0.15) is 12.4 Å². The van der Waals surface area contributed by atoms with Crippen LogP contribution in [0.3, 0.4) is 0 Å². The quantitative estimate of drug-likeness (QED) is 0.307. The number of halogens is 1. The van der Waals surface area contributed by atoms with Crippen molar-refractivity contribution in [2.45, 2.75) is 71.2 Å². The van der Waals surface area contributed by atoms with Gasteiger partial charge in [-0.2, -0.15) is 0 Å². The Hall–Kier alpha value is -3.10. The molecule has 0 saturated heterocycles. The maximum atomic E-state index is 13.1. The molecule has 3 N–H and O–H groups in total. The topological polar surface area (TPSA) is 112 Å². The molecule has 0 amide bonds. The highest BCUT2D eigenvalue weighted by molar-refractivity contribution is 5.86. The molecule has 1 heterocycles. The van der Waals surface area contributed by atoms with Gasteiger partial charge in [-0.15, -0.1) is 0 Å². The number of aliphatic hydroxyl groups excluding tert-OH is 2. The zero-order valence-electron chi connectivity index (χ0n) is 20.0. The fourth-order valence-electron chi connectivity index (χ4n) is 3.28. The number of aliphatic hydroxyl groups is 2. The average Bonchev–Trinajstić information content (AvgIpc) is 2.75. The van der Waals surface area contributed by atoms with Crippen molar-refractivity contribution in [1.29, 1.82) is 0 Å². The molecular formula is C26H33FN2O5. The monoisotopic (exact) mass is 472 g/mol. The van der Waals surface area contributed by atoms with Gasteiger partial charge in [0.2, 0.25) is 0 Å². The predicted molar refractivity (Wildman–Crippen MR) is 129 cm³/mol. The molecule has 0 aliphatic rings. The number of nitrogens with zero attached hydrogens (tertiary/aromatic N) is 2. The first-order valence-electron chi connectivity index (χ1n) is 11.3. The minimum atomic E-state index is -1.15. The lowest BCUT2D eigenvalue weighted by Crippen LogP contribution is -2.19. The largest absolute Gasteiger partial charge is 0.481 e. The van der Waals surface area contributed by atoms with Gasteiger partial charge in [-0.05, 0) is 35.6 Å². The van der Waals surface area contributed by atoms with Crippen molar-refractivity contribution in [3.05, 3.63) is 70.3 Å². The van der Waals surface area contributed by atoms with Crippen molar-refractivity contribution >= 4 is 18.3 Å². The third-order valence-electron chi connectivity index (χ3n) is 5.10. The van der Waals surface area contributed by atoms with Crippen molar-refractivity contribution in [3.8, 4) is 0 Å². The number of oxime groups is 1. The van der Waals surface area contributed by atoms with Gasteiger partial charge in [0.15, 0.2) is 0 Å². The number of benzene rings is 1. The summed E-state index contributed by atoms with van der Waals surface area (Å²) < 4.78 is 13.1. The van der Waals surface area contributed by atoms with Crippen LogP contribution in [0.4, 0.5) is 4.39 Å². The minimum absolute atomic E-state index is 0.0837. The van der Waals surface area contributed by atoms with Crippen molar-refractivity contribution in [2.75, 3.05) is 0 Å². The summed E-state index contributed by atoms with van der Waals surface area (Å²) in [6, 6.07) is 7.87. The Labute approximate surface area is 199 Å². The van der Waals surface area contributed by atoms with Gasteiger partial charge in [-0.1, -0.05) is 57.1 Å². The highest BCUT2D eigenvalue weighted by atomic mass is 19.1. The first-order chi connectivity index (χ1) is 16.1. The van der Waals surface area contributed by atoms with E-state index in [0.29, 0.717) is 0 Å². The second-order valence-corrected chi connectivity index (χ2v) is 8.79. The van der Waals surface area contributed by atoms with E-state index in [1.54, 1.807) is 24.4 Å². The molecule has 2 aromatic rings. The van der Waals surface area contributed by atoms with Crippen LogP contribution in [0.5, 0.6) is 0 Å². The first kappa shape index (κ1) is 27.1. The number of rotatable bonds is 12. The Bertz CT molecular complexity index is 1000. The molecule has 34 heavy (non-hydrogen) atoms. The molecule has 0 aliphatic heterocycles. The van der Waals surface area contributed by atoms with E-state index in [1.807, 2.05) is 33.8 Å². The van der Waals surface area contributed by atoms with Crippen molar-refractivity contribution < 1.29 is 29.3 Å². The molecule has 0 spiro atoms. The number of aliphatic carboxylic acids is 1. The van der Waals surface area contributed by atoms with E-state index in [4.69, 9.17) is 14.9 Å². The van der Waals surface area contributed by atoms with Crippen molar-refractivity contribution in [1.82, 2.24) is 4.98 Å². The van der Waals surface area contributed by atoms with E-state index < -0.39 is 24.6 Å². The summed E-state index contributed by atoms with van der Waals surface area (Å²) in [7, 11) is 0. The standard InChI is InChI=1S/C26H33FN2O5/c1-16(2)24-11-19(14-28-34-15-18-5-7-20(27)8-6-18)23(26(29-24)17(3)4)10-9-21(30)12-22(31)13-25(32)33/h5-11,14,16-17,21-22,30-31H,12-13,15H2,1-4H3,(H,32,33)/b10-9+,28-14+. The van der Waals surface area contributed by atoms with Gasteiger partial charge in [0.05, 0.1) is 30.5 Å². The molecule has 0 radical (unpaired) electrons. The van der Waals surface area contributed by atoms with Gasteiger partial charge < -0.3 is 20.2 Å². The maximum Gasteiger partial charge on any atom is 0.305 e. The third kappa shape index (κ3) is 8.68. The lowest BCUT2D eigenvalue weighted by Gasteiger charge is -2.17. The number of carboxylic acids is 1. The zero-order chi connectivity index (χ0) is 25.3. The van der Waals surface area contributed by atoms with Gasteiger partial charge in [-0.25, -0.2) is 4.39 Å². The van der Waals surface area contributed by atoms with Crippen LogP contribution in [-0.4, -0.2) is 44.7 Å². The van der Waals surface area contributed by atoms with E-state index in [9.17, 15) is 19.4 Å². The number of hydrogen-bond donors (Lipinski definition) is 3. The van der Waals surface area contributed by atoms with Crippen molar-refractivity contribution in [2.24, 2.45) is 5.16 Å². The molecule has 8 heteroatoms. The molecular weight excluding hydrogens is 439 g/mol. The van der Waals surface area contributed by atoms with Crippen LogP contribution in [0.25, 0.3) is 6.08 Å². The van der Waals surface area contributed by atoms with Crippen LogP contribution in [0.2, 0.25) is 0 Å². The van der Waals surface area contributed by atoms with Gasteiger partial charge in [-0.3, -0.25) is 9.78 Å². The smallest absolute Gasteiger partial charge is 0.305 e. The summed E-state index contributed by atoms with van der Waals surface area (Å²) in [4.78, 5) is 20.9. The van der Waals surface area contributed by atoms with Crippen LogP contribution in [0.1, 0.15) is 80.5 Å². The Kier molecular flexibility index (Phi) is 10.3. The van der Waals surface area contributed by atoms with E-state index >= 15 is 0 Å². The molecule has 1 aromatic heterocycles. The number of aromatic nitrogens is 1. The van der Waals surface area contributed by atoms with Crippen LogP contribution in [0, 0.1) is 5.82 Å². The summed E-state index contributed by atoms with van der Waals surface area (Å²) in [5.41, 5.74) is 3.98. The fraction of sp³-hybridized carbons (Fsp3) is 0.423. The molecule has 0 bridgehead atoms. The summed E-state index contributed by atoms with van der Waals surface area (Å²) in [6.45, 7) is 8.30. The lowest BCUT2D eigenvalue weighted by molar-refractivity contribution is -0.139. The van der Waals surface area contributed by atoms with Gasteiger partial charge in [0, 0.05) is 23.2 Å². The second kappa shape index (κ2) is 13.0. The summed E-state index contributed by atoms with van der Waals surface area (Å²) in [5, 5.41) is 32.9. The molecule has 184 valence electrons. The minimum Gasteiger partial charge on any atom is -0.481 e. The third-order valence-corrected chi connectivity index (χ3v) is 5.10. The van der Waals surface area contributed by atoms with E-state index in [2.05, 4.69) is 5.16 Å². The predicted octanol–water partition coefficient (Wildman–Crippen LogP) is 4.62. The normalized spacial score (nSPS) is 13.8. The van der Waals surface area contributed by atoms with Gasteiger partial charge in [0.25, 0.3) is 0 Å². The van der Waals surface area contributed by atoms with Crippen LogP contribution >= 0.6 is 0 Å². The Morgan fingerprint density at radius 3 is 2.41 bits per heavy atom. The second-order valence-electron chi connectivity index (χ2n) is 8.79. The molecule has 2 unspecified atom stereocenters. The Balaban J connectivity index is 2.29. The number of carboxylic acid groups (broad SMARTS) is 1. The molecule has 7 nitrogen and oxygen atoms in total. The van der Waals surface area contributed by atoms with E-state index in [1.165, 1.54) is 18.2 Å². The van der Waals surface area contributed by atoms with Gasteiger partial charge >= 0.3 is 5.97 Å². The number of carbonyl (C=O) groups is 1. The van der Waals surface area contributed by atoms with E-state index in [-0.39, 0.29) is 30.7 Å². The summed E-state index contributed by atoms with van der Waals surface area (Å²) in [5.74, 6) is -1.18. The number of hydrogen-bond acceptors (Lipinski definition) is 6. The highest BCUT2D eigenvalue weighted by Crippen LogP contribution is 2.26. The van der Waals surface area contributed by atoms with Crippen LogP contribution in [-0.2, 0) is 16.2 Å². The van der Waals surface area contributed by atoms with Crippen LogP contribution < -0.4 is 0 Å². The van der Waals surface area contributed by atoms with Crippen LogP contribution in [0.15, 0.2) is 41.6 Å². The Morgan fingerprint density at radius 1 is 1.15 bits per heavy atom.